The molecule has 9 heteroatoms. The zero-order valence-corrected chi connectivity index (χ0v) is 11.1. The second-order valence-electron chi connectivity index (χ2n) is 5.38. The van der Waals surface area contributed by atoms with Gasteiger partial charge in [-0.3, -0.25) is 0 Å². The molecule has 6 nitrogen and oxygen atoms in total. The second-order valence-corrected chi connectivity index (χ2v) is 5.38. The molecule has 3 N–H and O–H groups in total. The summed E-state index contributed by atoms with van der Waals surface area (Å²) in [5.74, 6) is -3.58. The van der Waals surface area contributed by atoms with Crippen molar-refractivity contribution in [1.82, 2.24) is 10.2 Å². The minimum absolute atomic E-state index is 0.0386. The van der Waals surface area contributed by atoms with Crippen molar-refractivity contribution in [3.8, 4) is 0 Å². The number of piperidine rings is 1. The number of carboxylic acid groups (broad SMARTS) is 1. The summed E-state index contributed by atoms with van der Waals surface area (Å²) in [6, 6.07) is 0.139. The summed E-state index contributed by atoms with van der Waals surface area (Å²) in [5.41, 5.74) is -0.440. The molecular formula is C13H12F3N3O3. The minimum atomic E-state index is -1.33. The van der Waals surface area contributed by atoms with Crippen molar-refractivity contribution < 1.29 is 27.9 Å². The summed E-state index contributed by atoms with van der Waals surface area (Å²) < 4.78 is 39.3. The van der Waals surface area contributed by atoms with Crippen LogP contribution in [0.3, 0.4) is 0 Å². The smallest absolute Gasteiger partial charge is 0.404 e. The van der Waals surface area contributed by atoms with Gasteiger partial charge in [0, 0.05) is 43.1 Å². The fourth-order valence-corrected chi connectivity index (χ4v) is 2.86. The Morgan fingerprint density at radius 1 is 1.09 bits per heavy atom. The number of nitrogens with zero attached hydrogens (tertiary/aromatic N) is 1. The Bertz CT molecular complexity index is 643. The van der Waals surface area contributed by atoms with Crippen molar-refractivity contribution in [1.29, 1.82) is 0 Å². The number of hydrogen-bond acceptors (Lipinski definition) is 2. The van der Waals surface area contributed by atoms with Crippen molar-refractivity contribution in [3.05, 3.63) is 29.6 Å². The maximum absolute atomic E-state index is 13.5. The summed E-state index contributed by atoms with van der Waals surface area (Å²) in [6.45, 7) is 0.652. The van der Waals surface area contributed by atoms with Gasteiger partial charge in [0.25, 0.3) is 0 Å². The topological polar surface area (TPSA) is 81.7 Å². The van der Waals surface area contributed by atoms with Crippen molar-refractivity contribution in [2.75, 3.05) is 18.4 Å². The van der Waals surface area contributed by atoms with Gasteiger partial charge in [-0.25, -0.2) is 22.8 Å². The van der Waals surface area contributed by atoms with Gasteiger partial charge < -0.3 is 20.6 Å². The quantitative estimate of drug-likeness (QED) is 0.728. The lowest BCUT2D eigenvalue weighted by Crippen LogP contribution is -2.39. The molecule has 1 aromatic rings. The number of nitrogens with one attached hydrogen (secondary N) is 2. The standard InChI is InChI=1S/C13H12F3N3O3/c14-7-1-9(16)10(2-8(7)15)17-12(20)19-3-5-6(4-19)11(5)18-13(21)22/h1-2,5-6,11,18H,3-4H2,(H,17,20)(H,21,22)/t5-,6+,11+. The Labute approximate surface area is 122 Å². The Hall–Kier alpha value is -2.45. The van der Waals surface area contributed by atoms with Gasteiger partial charge in [-0.2, -0.15) is 0 Å². The normalized spacial score (nSPS) is 25.6. The fraction of sp³-hybridized carbons (Fsp3) is 0.385. The lowest BCUT2D eigenvalue weighted by Gasteiger charge is -2.20. The molecule has 1 saturated heterocycles. The molecule has 3 atom stereocenters. The van der Waals surface area contributed by atoms with E-state index in [1.54, 1.807) is 0 Å². The molecule has 2 aliphatic rings. The minimum Gasteiger partial charge on any atom is -0.465 e. The number of likely N-dealkylation sites (tertiary alicyclic amines) is 1. The summed E-state index contributed by atoms with van der Waals surface area (Å²) >= 11 is 0. The van der Waals surface area contributed by atoms with Crippen molar-refractivity contribution >= 4 is 17.8 Å². The monoisotopic (exact) mass is 315 g/mol. The first-order chi connectivity index (χ1) is 10.4. The maximum atomic E-state index is 13.5. The molecule has 0 unspecified atom stereocenters. The second kappa shape index (κ2) is 5.08. The zero-order valence-electron chi connectivity index (χ0n) is 11.1. The number of fused-ring (bicyclic) bond motifs is 1. The van der Waals surface area contributed by atoms with Crippen LogP contribution in [0.25, 0.3) is 0 Å². The lowest BCUT2D eigenvalue weighted by molar-refractivity contribution is 0.190. The number of halogens is 3. The van der Waals surface area contributed by atoms with Gasteiger partial charge in [-0.1, -0.05) is 0 Å². The molecule has 1 aliphatic carbocycles. The van der Waals surface area contributed by atoms with Crippen LogP contribution in [0.4, 0.5) is 28.4 Å². The highest BCUT2D eigenvalue weighted by Crippen LogP contribution is 2.45. The molecule has 0 spiro atoms. The van der Waals surface area contributed by atoms with Crippen LogP contribution in [0.2, 0.25) is 0 Å². The summed E-state index contributed by atoms with van der Waals surface area (Å²) in [5, 5.41) is 13.2. The third kappa shape index (κ3) is 2.53. The Morgan fingerprint density at radius 3 is 2.27 bits per heavy atom. The van der Waals surface area contributed by atoms with E-state index >= 15 is 0 Å². The average Bonchev–Trinajstić information content (AvgIpc) is 2.87. The molecule has 0 aromatic heterocycles. The number of anilines is 1. The predicted octanol–water partition coefficient (Wildman–Crippen LogP) is 1.83. The van der Waals surface area contributed by atoms with Gasteiger partial charge in [-0.15, -0.1) is 0 Å². The molecule has 3 rings (SSSR count). The molecule has 0 radical (unpaired) electrons. The van der Waals surface area contributed by atoms with E-state index in [1.165, 1.54) is 4.90 Å². The number of hydrogen-bond donors (Lipinski definition) is 3. The van der Waals surface area contributed by atoms with Gasteiger partial charge in [0.1, 0.15) is 5.82 Å². The molecule has 2 fully saturated rings. The van der Waals surface area contributed by atoms with Crippen LogP contribution in [0.1, 0.15) is 0 Å². The van der Waals surface area contributed by atoms with E-state index in [1.807, 2.05) is 0 Å². The molecule has 3 amide bonds. The average molecular weight is 315 g/mol. The van der Waals surface area contributed by atoms with Crippen LogP contribution in [0.15, 0.2) is 12.1 Å². The van der Waals surface area contributed by atoms with Crippen molar-refractivity contribution in [3.63, 3.8) is 0 Å². The van der Waals surface area contributed by atoms with E-state index in [2.05, 4.69) is 10.6 Å². The van der Waals surface area contributed by atoms with Crippen LogP contribution in [-0.4, -0.2) is 41.3 Å². The highest BCUT2D eigenvalue weighted by Gasteiger charge is 2.57. The SMILES string of the molecule is O=C(O)N[C@H]1[C@@H]2CN(C(=O)Nc3cc(F)c(F)cc3F)C[C@@H]21. The molecule has 0 bridgehead atoms. The van der Waals surface area contributed by atoms with Crippen LogP contribution in [-0.2, 0) is 0 Å². The Morgan fingerprint density at radius 2 is 1.68 bits per heavy atom. The van der Waals surface area contributed by atoms with Crippen molar-refractivity contribution in [2.45, 2.75) is 6.04 Å². The molecule has 22 heavy (non-hydrogen) atoms. The van der Waals surface area contributed by atoms with E-state index < -0.39 is 35.3 Å². The number of carbonyl (C=O) groups is 2. The number of carbonyl (C=O) groups excluding carboxylic acids is 1. The Kier molecular flexibility index (Phi) is 3.34. The number of benzene rings is 1. The van der Waals surface area contributed by atoms with Crippen LogP contribution < -0.4 is 10.6 Å². The van der Waals surface area contributed by atoms with E-state index in [0.29, 0.717) is 25.2 Å². The number of urea groups is 1. The largest absolute Gasteiger partial charge is 0.465 e. The van der Waals surface area contributed by atoms with Gasteiger partial charge in [-0.05, 0) is 0 Å². The molecular weight excluding hydrogens is 303 g/mol. The summed E-state index contributed by atoms with van der Waals surface area (Å²) in [7, 11) is 0. The molecule has 1 aliphatic heterocycles. The fourth-order valence-electron chi connectivity index (χ4n) is 2.86. The van der Waals surface area contributed by atoms with Gasteiger partial charge in [0.05, 0.1) is 5.69 Å². The molecule has 1 aromatic carbocycles. The first kappa shape index (κ1) is 14.5. The highest BCUT2D eigenvalue weighted by atomic mass is 19.2. The molecule has 118 valence electrons. The van der Waals surface area contributed by atoms with Gasteiger partial charge in [0.2, 0.25) is 0 Å². The summed E-state index contributed by atoms with van der Waals surface area (Å²) in [4.78, 5) is 23.9. The van der Waals surface area contributed by atoms with Gasteiger partial charge >= 0.3 is 12.1 Å². The first-order valence-corrected chi connectivity index (χ1v) is 6.56. The van der Waals surface area contributed by atoms with E-state index in [4.69, 9.17) is 5.11 Å². The number of rotatable bonds is 2. The lowest BCUT2D eigenvalue weighted by atomic mass is 10.3. The highest BCUT2D eigenvalue weighted by molar-refractivity contribution is 5.89. The third-order valence-corrected chi connectivity index (χ3v) is 4.02. The van der Waals surface area contributed by atoms with Crippen LogP contribution in [0, 0.1) is 29.3 Å². The van der Waals surface area contributed by atoms with Crippen LogP contribution in [0.5, 0.6) is 0 Å². The van der Waals surface area contributed by atoms with Crippen molar-refractivity contribution in [2.24, 2.45) is 11.8 Å². The van der Waals surface area contributed by atoms with Gasteiger partial charge in [0.15, 0.2) is 11.6 Å². The molecule has 1 heterocycles. The predicted molar refractivity (Wildman–Crippen MR) is 68.8 cm³/mol. The summed E-state index contributed by atoms with van der Waals surface area (Å²) in [6.07, 6.45) is -1.11. The first-order valence-electron chi connectivity index (χ1n) is 6.56. The zero-order chi connectivity index (χ0) is 16.0. The third-order valence-electron chi connectivity index (χ3n) is 4.02. The van der Waals surface area contributed by atoms with E-state index in [0.717, 1.165) is 0 Å². The van der Waals surface area contributed by atoms with E-state index in [9.17, 15) is 22.8 Å². The van der Waals surface area contributed by atoms with Crippen LogP contribution >= 0.6 is 0 Å². The number of amides is 3. The maximum Gasteiger partial charge on any atom is 0.404 e. The molecule has 1 saturated carbocycles. The Balaban J connectivity index is 1.59. The van der Waals surface area contributed by atoms with E-state index in [-0.39, 0.29) is 17.9 Å².